The number of hydrogen-bond donors (Lipinski definition) is 1. The highest BCUT2D eigenvalue weighted by Gasteiger charge is 2.28. The maximum Gasteiger partial charge on any atom is 0.257 e. The summed E-state index contributed by atoms with van der Waals surface area (Å²) in [7, 11) is 0. The molecule has 2 atom stereocenters. The molecule has 2 aliphatic rings. The van der Waals surface area contributed by atoms with Crippen LogP contribution in [-0.2, 0) is 0 Å². The Labute approximate surface area is 133 Å². The van der Waals surface area contributed by atoms with Crippen molar-refractivity contribution in [2.75, 3.05) is 19.7 Å². The maximum absolute atomic E-state index is 6.37. The Morgan fingerprint density at radius 2 is 2.18 bits per heavy atom. The molecule has 1 aromatic rings. The zero-order chi connectivity index (χ0) is 15.4. The van der Waals surface area contributed by atoms with E-state index in [0.29, 0.717) is 17.7 Å². The molecule has 22 heavy (non-hydrogen) atoms. The van der Waals surface area contributed by atoms with Gasteiger partial charge in [0.2, 0.25) is 0 Å². The number of rotatable bonds is 8. The van der Waals surface area contributed by atoms with Crippen LogP contribution in [-0.4, -0.2) is 30.8 Å². The van der Waals surface area contributed by atoms with Crippen LogP contribution < -0.4 is 14.8 Å². The van der Waals surface area contributed by atoms with E-state index in [-0.39, 0.29) is 6.10 Å². The van der Waals surface area contributed by atoms with E-state index < -0.39 is 0 Å². The van der Waals surface area contributed by atoms with Crippen molar-refractivity contribution in [3.8, 4) is 11.6 Å². The lowest BCUT2D eigenvalue weighted by molar-refractivity contribution is 0.112. The van der Waals surface area contributed by atoms with Crippen molar-refractivity contribution >= 4 is 0 Å². The number of ether oxygens (including phenoxy) is 2. The molecule has 1 saturated carbocycles. The van der Waals surface area contributed by atoms with Crippen LogP contribution in [0.25, 0.3) is 0 Å². The Kier molecular flexibility index (Phi) is 5.19. The van der Waals surface area contributed by atoms with Gasteiger partial charge in [0.05, 0.1) is 6.61 Å². The van der Waals surface area contributed by atoms with E-state index in [2.05, 4.69) is 24.1 Å². The molecule has 1 aliphatic carbocycles. The molecule has 0 amide bonds. The minimum atomic E-state index is 0.238. The molecule has 0 radical (unpaired) electrons. The summed E-state index contributed by atoms with van der Waals surface area (Å²) in [5.41, 5.74) is 0. The molecule has 3 rings (SSSR count). The van der Waals surface area contributed by atoms with Gasteiger partial charge in [0.1, 0.15) is 6.10 Å². The van der Waals surface area contributed by atoms with Crippen molar-refractivity contribution in [2.24, 2.45) is 17.8 Å². The van der Waals surface area contributed by atoms with Crippen LogP contribution in [0.1, 0.15) is 39.5 Å². The smallest absolute Gasteiger partial charge is 0.257 e. The molecule has 0 aromatic carbocycles. The first-order chi connectivity index (χ1) is 10.7. The van der Waals surface area contributed by atoms with Crippen molar-refractivity contribution < 1.29 is 9.47 Å². The van der Waals surface area contributed by atoms with E-state index in [1.165, 1.54) is 19.3 Å². The van der Waals surface area contributed by atoms with Gasteiger partial charge in [0.25, 0.3) is 5.88 Å². The van der Waals surface area contributed by atoms with Crippen LogP contribution in [0.3, 0.4) is 0 Å². The number of nitrogens with zero attached hydrogens (tertiary/aromatic N) is 1. The van der Waals surface area contributed by atoms with Crippen LogP contribution in [0.4, 0.5) is 0 Å². The molecule has 1 saturated heterocycles. The van der Waals surface area contributed by atoms with Gasteiger partial charge in [0.15, 0.2) is 5.75 Å². The average Bonchev–Trinajstić information content (AvgIpc) is 3.16. The fourth-order valence-electron chi connectivity index (χ4n) is 3.01. The molecule has 1 unspecified atom stereocenters. The lowest BCUT2D eigenvalue weighted by Gasteiger charge is -2.26. The molecular weight excluding hydrogens is 276 g/mol. The fourth-order valence-corrected chi connectivity index (χ4v) is 3.01. The monoisotopic (exact) mass is 304 g/mol. The topological polar surface area (TPSA) is 43.4 Å². The van der Waals surface area contributed by atoms with Gasteiger partial charge in [-0.25, -0.2) is 4.98 Å². The third-order valence-electron chi connectivity index (χ3n) is 4.50. The summed E-state index contributed by atoms with van der Waals surface area (Å²) in [6.07, 6.45) is 6.85. The van der Waals surface area contributed by atoms with Gasteiger partial charge >= 0.3 is 0 Å². The second-order valence-electron chi connectivity index (χ2n) is 7.10. The summed E-state index contributed by atoms with van der Waals surface area (Å²) in [6.45, 7) is 7.43. The van der Waals surface area contributed by atoms with E-state index in [0.717, 1.165) is 37.8 Å². The Hall–Kier alpha value is -1.29. The average molecular weight is 304 g/mol. The number of aromatic nitrogens is 1. The second kappa shape index (κ2) is 7.32. The predicted molar refractivity (Wildman–Crippen MR) is 87.3 cm³/mol. The van der Waals surface area contributed by atoms with Gasteiger partial charge in [-0.3, -0.25) is 0 Å². The van der Waals surface area contributed by atoms with Crippen molar-refractivity contribution in [1.82, 2.24) is 10.3 Å². The highest BCUT2D eigenvalue weighted by molar-refractivity contribution is 5.33. The predicted octanol–water partition coefficient (Wildman–Crippen LogP) is 3.27. The third kappa shape index (κ3) is 4.35. The molecule has 1 aromatic heterocycles. The van der Waals surface area contributed by atoms with Crippen molar-refractivity contribution in [1.29, 1.82) is 0 Å². The lowest BCUT2D eigenvalue weighted by atomic mass is 9.93. The minimum Gasteiger partial charge on any atom is -0.484 e. The van der Waals surface area contributed by atoms with Gasteiger partial charge < -0.3 is 14.8 Å². The number of nitrogens with one attached hydrogen (secondary N) is 1. The first-order valence-corrected chi connectivity index (χ1v) is 8.67. The van der Waals surface area contributed by atoms with Crippen molar-refractivity contribution in [2.45, 2.75) is 45.6 Å². The van der Waals surface area contributed by atoms with Gasteiger partial charge in [-0.1, -0.05) is 13.8 Å². The SMILES string of the molecule is CC(C)CC(Oc1cccnc1OCC1CC1)[C@H]1CCNC1. The van der Waals surface area contributed by atoms with Crippen molar-refractivity contribution in [3.63, 3.8) is 0 Å². The summed E-state index contributed by atoms with van der Waals surface area (Å²) in [4.78, 5) is 4.37. The number of pyridine rings is 1. The summed E-state index contributed by atoms with van der Waals surface area (Å²) in [5, 5.41) is 3.45. The summed E-state index contributed by atoms with van der Waals surface area (Å²) in [6, 6.07) is 3.92. The largest absolute Gasteiger partial charge is 0.484 e. The quantitative estimate of drug-likeness (QED) is 0.800. The van der Waals surface area contributed by atoms with Crippen LogP contribution >= 0.6 is 0 Å². The standard InChI is InChI=1S/C18H28N2O2/c1-13(2)10-17(15-7-9-19-11-15)22-16-4-3-8-20-18(16)21-12-14-5-6-14/h3-4,8,13-15,17,19H,5-7,9-12H2,1-2H3/t15-,17?/m0/s1. The maximum atomic E-state index is 6.37. The molecular formula is C18H28N2O2. The van der Waals surface area contributed by atoms with Crippen LogP contribution in [0.5, 0.6) is 11.6 Å². The van der Waals surface area contributed by atoms with Gasteiger partial charge in [-0.15, -0.1) is 0 Å². The van der Waals surface area contributed by atoms with Crippen LogP contribution in [0.2, 0.25) is 0 Å². The third-order valence-corrected chi connectivity index (χ3v) is 4.50. The number of hydrogen-bond acceptors (Lipinski definition) is 4. The summed E-state index contributed by atoms with van der Waals surface area (Å²) >= 11 is 0. The molecule has 4 nitrogen and oxygen atoms in total. The second-order valence-corrected chi connectivity index (χ2v) is 7.10. The Balaban J connectivity index is 1.67. The Bertz CT molecular complexity index is 468. The van der Waals surface area contributed by atoms with Gasteiger partial charge in [-0.05, 0) is 56.2 Å². The fraction of sp³-hybridized carbons (Fsp3) is 0.722. The van der Waals surface area contributed by atoms with Crippen molar-refractivity contribution in [3.05, 3.63) is 18.3 Å². The summed E-state index contributed by atoms with van der Waals surface area (Å²) < 4.78 is 12.2. The first-order valence-electron chi connectivity index (χ1n) is 8.67. The highest BCUT2D eigenvalue weighted by atomic mass is 16.5. The van der Waals surface area contributed by atoms with Crippen LogP contribution in [0, 0.1) is 17.8 Å². The molecule has 0 spiro atoms. The van der Waals surface area contributed by atoms with E-state index in [1.807, 2.05) is 12.1 Å². The zero-order valence-electron chi connectivity index (χ0n) is 13.8. The summed E-state index contributed by atoms with van der Waals surface area (Å²) in [5.74, 6) is 3.40. The lowest BCUT2D eigenvalue weighted by Crippen LogP contribution is -2.30. The molecule has 122 valence electrons. The van der Waals surface area contributed by atoms with E-state index in [1.54, 1.807) is 6.20 Å². The molecule has 0 bridgehead atoms. The van der Waals surface area contributed by atoms with E-state index in [9.17, 15) is 0 Å². The van der Waals surface area contributed by atoms with Crippen LogP contribution in [0.15, 0.2) is 18.3 Å². The molecule has 2 fully saturated rings. The minimum absolute atomic E-state index is 0.238. The highest BCUT2D eigenvalue weighted by Crippen LogP contribution is 2.33. The molecule has 1 N–H and O–H groups in total. The molecule has 2 heterocycles. The Morgan fingerprint density at radius 3 is 2.86 bits per heavy atom. The molecule has 1 aliphatic heterocycles. The normalized spacial score (nSPS) is 22.8. The zero-order valence-corrected chi connectivity index (χ0v) is 13.8. The van der Waals surface area contributed by atoms with E-state index >= 15 is 0 Å². The van der Waals surface area contributed by atoms with Gasteiger partial charge in [0, 0.05) is 18.7 Å². The van der Waals surface area contributed by atoms with Gasteiger partial charge in [-0.2, -0.15) is 0 Å². The Morgan fingerprint density at radius 1 is 1.32 bits per heavy atom. The first kappa shape index (κ1) is 15.6. The molecule has 4 heteroatoms. The van der Waals surface area contributed by atoms with E-state index in [4.69, 9.17) is 9.47 Å².